The Bertz CT molecular complexity index is 878. The molecule has 3 aromatic rings. The minimum absolute atomic E-state index is 0.183. The van der Waals surface area contributed by atoms with Crippen molar-refractivity contribution in [1.82, 2.24) is 9.97 Å². The largest absolute Gasteiger partial charge is 0.363 e. The first-order valence-electron chi connectivity index (χ1n) is 9.54. The Morgan fingerprint density at radius 1 is 1.04 bits per heavy atom. The van der Waals surface area contributed by atoms with Gasteiger partial charge < -0.3 is 10.2 Å². The third-order valence-electron chi connectivity index (χ3n) is 5.18. The van der Waals surface area contributed by atoms with Crippen LogP contribution < -0.4 is 10.2 Å². The van der Waals surface area contributed by atoms with Crippen molar-refractivity contribution in [3.63, 3.8) is 0 Å². The van der Waals surface area contributed by atoms with E-state index in [1.54, 1.807) is 0 Å². The van der Waals surface area contributed by atoms with E-state index in [9.17, 15) is 0 Å². The first-order chi connectivity index (χ1) is 12.7. The van der Waals surface area contributed by atoms with Crippen molar-refractivity contribution in [3.8, 4) is 0 Å². The molecule has 4 nitrogen and oxygen atoms in total. The molecule has 0 saturated carbocycles. The molecular formula is C22H26N4. The quantitative estimate of drug-likeness (QED) is 0.718. The highest BCUT2D eigenvalue weighted by Crippen LogP contribution is 2.28. The van der Waals surface area contributed by atoms with Gasteiger partial charge in [-0.1, -0.05) is 49.4 Å². The Labute approximate surface area is 155 Å². The Balaban J connectivity index is 1.70. The normalized spacial score (nSPS) is 18.7. The molecule has 0 radical (unpaired) electrons. The van der Waals surface area contributed by atoms with Gasteiger partial charge in [-0.05, 0) is 43.4 Å². The molecule has 134 valence electrons. The van der Waals surface area contributed by atoms with E-state index in [2.05, 4.69) is 60.5 Å². The molecule has 1 aliphatic rings. The minimum Gasteiger partial charge on any atom is -0.363 e. The van der Waals surface area contributed by atoms with Crippen LogP contribution in [-0.4, -0.2) is 23.1 Å². The highest BCUT2D eigenvalue weighted by atomic mass is 15.3. The molecule has 0 bridgehead atoms. The maximum Gasteiger partial charge on any atom is 0.227 e. The van der Waals surface area contributed by atoms with Gasteiger partial charge in [-0.15, -0.1) is 0 Å². The van der Waals surface area contributed by atoms with Crippen LogP contribution in [0.4, 0.5) is 11.8 Å². The molecule has 26 heavy (non-hydrogen) atoms. The summed E-state index contributed by atoms with van der Waals surface area (Å²) in [6, 6.07) is 18.9. The van der Waals surface area contributed by atoms with E-state index in [1.165, 1.54) is 18.4 Å². The van der Waals surface area contributed by atoms with Crippen LogP contribution in [-0.2, 0) is 0 Å². The Kier molecular flexibility index (Phi) is 4.74. The van der Waals surface area contributed by atoms with E-state index in [0.717, 1.165) is 35.8 Å². The van der Waals surface area contributed by atoms with Gasteiger partial charge in [-0.3, -0.25) is 0 Å². The summed E-state index contributed by atoms with van der Waals surface area (Å²) in [4.78, 5) is 12.1. The minimum atomic E-state index is 0.183. The summed E-state index contributed by atoms with van der Waals surface area (Å²) in [5.74, 6) is 2.46. The first-order valence-corrected chi connectivity index (χ1v) is 9.54. The van der Waals surface area contributed by atoms with Crippen molar-refractivity contribution >= 4 is 22.7 Å². The average molecular weight is 346 g/mol. The number of para-hydroxylation sites is 1. The molecule has 1 aromatic heterocycles. The zero-order valence-electron chi connectivity index (χ0n) is 15.5. The van der Waals surface area contributed by atoms with E-state index in [0.29, 0.717) is 5.92 Å². The van der Waals surface area contributed by atoms with Gasteiger partial charge in [-0.25, -0.2) is 4.98 Å². The molecule has 1 saturated heterocycles. The highest BCUT2D eigenvalue weighted by molar-refractivity contribution is 5.90. The van der Waals surface area contributed by atoms with Crippen LogP contribution in [0, 0.1) is 5.92 Å². The topological polar surface area (TPSA) is 41.1 Å². The third kappa shape index (κ3) is 3.50. The zero-order chi connectivity index (χ0) is 17.9. The standard InChI is InChI=1S/C22H26N4/c1-16-9-8-14-26(15-16)22-24-20-13-7-6-12-19(20)21(25-22)23-17(2)18-10-4-3-5-11-18/h3-7,10-13,16-17H,8-9,14-15H2,1-2H3,(H,23,24,25). The fourth-order valence-corrected chi connectivity index (χ4v) is 3.72. The fourth-order valence-electron chi connectivity index (χ4n) is 3.72. The summed E-state index contributed by atoms with van der Waals surface area (Å²) >= 11 is 0. The Morgan fingerprint density at radius 3 is 2.62 bits per heavy atom. The third-order valence-corrected chi connectivity index (χ3v) is 5.18. The number of benzene rings is 2. The molecule has 2 heterocycles. The number of hydrogen-bond acceptors (Lipinski definition) is 4. The molecule has 0 aliphatic carbocycles. The second-order valence-electron chi connectivity index (χ2n) is 7.36. The smallest absolute Gasteiger partial charge is 0.227 e. The van der Waals surface area contributed by atoms with Gasteiger partial charge in [0.05, 0.1) is 5.52 Å². The van der Waals surface area contributed by atoms with E-state index >= 15 is 0 Å². The summed E-state index contributed by atoms with van der Waals surface area (Å²) in [7, 11) is 0. The molecule has 1 N–H and O–H groups in total. The molecule has 4 heteroatoms. The highest BCUT2D eigenvalue weighted by Gasteiger charge is 2.20. The average Bonchev–Trinajstić information content (AvgIpc) is 2.68. The summed E-state index contributed by atoms with van der Waals surface area (Å²) in [6.45, 7) is 6.56. The lowest BCUT2D eigenvalue weighted by Gasteiger charge is -2.31. The van der Waals surface area contributed by atoms with Crippen molar-refractivity contribution in [2.45, 2.75) is 32.7 Å². The van der Waals surface area contributed by atoms with Crippen molar-refractivity contribution in [3.05, 3.63) is 60.2 Å². The number of hydrogen-bond donors (Lipinski definition) is 1. The van der Waals surface area contributed by atoms with Crippen molar-refractivity contribution in [1.29, 1.82) is 0 Å². The summed E-state index contributed by atoms with van der Waals surface area (Å²) in [6.07, 6.45) is 2.50. The van der Waals surface area contributed by atoms with Gasteiger partial charge in [0.15, 0.2) is 0 Å². The van der Waals surface area contributed by atoms with Crippen molar-refractivity contribution in [2.75, 3.05) is 23.3 Å². The van der Waals surface area contributed by atoms with Gasteiger partial charge >= 0.3 is 0 Å². The SMILES string of the molecule is CC1CCCN(c2nc(NC(C)c3ccccc3)c3ccccc3n2)C1. The molecule has 1 aliphatic heterocycles. The number of fused-ring (bicyclic) bond motifs is 1. The summed E-state index contributed by atoms with van der Waals surface area (Å²) in [5, 5.41) is 4.69. The van der Waals surface area contributed by atoms with Crippen LogP contribution in [0.5, 0.6) is 0 Å². The van der Waals surface area contributed by atoms with Crippen molar-refractivity contribution < 1.29 is 0 Å². The maximum absolute atomic E-state index is 4.93. The zero-order valence-corrected chi connectivity index (χ0v) is 15.5. The van der Waals surface area contributed by atoms with Crippen molar-refractivity contribution in [2.24, 2.45) is 5.92 Å². The molecule has 1 fully saturated rings. The monoisotopic (exact) mass is 346 g/mol. The molecule has 0 amide bonds. The number of piperidine rings is 1. The molecule has 4 rings (SSSR count). The number of aromatic nitrogens is 2. The van der Waals surface area contributed by atoms with Crippen LogP contribution >= 0.6 is 0 Å². The number of nitrogens with one attached hydrogen (secondary N) is 1. The number of nitrogens with zero attached hydrogens (tertiary/aromatic N) is 3. The molecule has 2 aromatic carbocycles. The first kappa shape index (κ1) is 16.8. The van der Waals surface area contributed by atoms with Gasteiger partial charge in [-0.2, -0.15) is 4.98 Å². The number of rotatable bonds is 4. The van der Waals surface area contributed by atoms with Crippen LogP contribution in [0.25, 0.3) is 10.9 Å². The second kappa shape index (κ2) is 7.32. The predicted molar refractivity (Wildman–Crippen MR) is 109 cm³/mol. The van der Waals surface area contributed by atoms with Gasteiger partial charge in [0.2, 0.25) is 5.95 Å². The molecule has 2 unspecified atom stereocenters. The van der Waals surface area contributed by atoms with Crippen LogP contribution in [0.2, 0.25) is 0 Å². The van der Waals surface area contributed by atoms with Crippen LogP contribution in [0.1, 0.15) is 38.3 Å². The van der Waals surface area contributed by atoms with E-state index in [-0.39, 0.29) is 6.04 Å². The lowest BCUT2D eigenvalue weighted by molar-refractivity contribution is 0.442. The maximum atomic E-state index is 4.93. The van der Waals surface area contributed by atoms with Crippen LogP contribution in [0.15, 0.2) is 54.6 Å². The summed E-state index contributed by atoms with van der Waals surface area (Å²) in [5.41, 5.74) is 2.25. The Morgan fingerprint density at radius 2 is 1.81 bits per heavy atom. The van der Waals surface area contributed by atoms with Gasteiger partial charge in [0, 0.05) is 24.5 Å². The van der Waals surface area contributed by atoms with Crippen LogP contribution in [0.3, 0.4) is 0 Å². The number of anilines is 2. The summed E-state index contributed by atoms with van der Waals surface area (Å²) < 4.78 is 0. The van der Waals surface area contributed by atoms with E-state index < -0.39 is 0 Å². The molecular weight excluding hydrogens is 320 g/mol. The molecule has 0 spiro atoms. The van der Waals surface area contributed by atoms with E-state index in [4.69, 9.17) is 9.97 Å². The lowest BCUT2D eigenvalue weighted by Crippen LogP contribution is -2.35. The van der Waals surface area contributed by atoms with Gasteiger partial charge in [0.25, 0.3) is 0 Å². The molecule has 2 atom stereocenters. The predicted octanol–water partition coefficient (Wildman–Crippen LogP) is 5.04. The second-order valence-corrected chi connectivity index (χ2v) is 7.36. The lowest BCUT2D eigenvalue weighted by atomic mass is 10.0. The van der Waals surface area contributed by atoms with Gasteiger partial charge in [0.1, 0.15) is 5.82 Å². The van der Waals surface area contributed by atoms with E-state index in [1.807, 2.05) is 18.2 Å². The Hall–Kier alpha value is -2.62. The fraction of sp³-hybridized carbons (Fsp3) is 0.364.